The molecule has 0 aromatic carbocycles. The van der Waals surface area contributed by atoms with E-state index in [4.69, 9.17) is 0 Å². The van der Waals surface area contributed by atoms with Crippen molar-refractivity contribution in [1.82, 2.24) is 14.8 Å². The van der Waals surface area contributed by atoms with Gasteiger partial charge in [0.15, 0.2) is 5.54 Å². The number of aliphatic carboxylic acids is 1. The normalized spacial score (nSPS) is 16.9. The molecule has 0 amide bonds. The highest BCUT2D eigenvalue weighted by Crippen LogP contribution is 2.33. The van der Waals surface area contributed by atoms with Gasteiger partial charge in [-0.25, -0.2) is 9.78 Å². The first-order chi connectivity index (χ1) is 12.3. The maximum Gasteiger partial charge on any atom is 0.331 e. The number of aromatic nitrogens is 3. The van der Waals surface area contributed by atoms with Crippen molar-refractivity contribution in [1.29, 1.82) is 5.26 Å². The van der Waals surface area contributed by atoms with Gasteiger partial charge in [-0.15, -0.1) is 0 Å². The molecule has 1 N–H and O–H groups in total. The number of rotatable bonds is 3. The third-order valence-corrected chi connectivity index (χ3v) is 4.99. The molecule has 3 heterocycles. The molecule has 136 valence electrons. The van der Waals surface area contributed by atoms with Crippen molar-refractivity contribution in [2.45, 2.75) is 44.6 Å². The third kappa shape index (κ3) is 3.03. The van der Waals surface area contributed by atoms with Crippen molar-refractivity contribution >= 4 is 11.8 Å². The Kier molecular flexibility index (Phi) is 4.45. The Morgan fingerprint density at radius 3 is 2.54 bits per heavy atom. The molecule has 1 saturated heterocycles. The molecule has 7 nitrogen and oxygen atoms in total. The van der Waals surface area contributed by atoms with Gasteiger partial charge >= 0.3 is 5.97 Å². The molecule has 1 aliphatic rings. The van der Waals surface area contributed by atoms with Gasteiger partial charge in [0.2, 0.25) is 0 Å². The summed E-state index contributed by atoms with van der Waals surface area (Å²) in [4.78, 5) is 18.4. The smallest absolute Gasteiger partial charge is 0.331 e. The first kappa shape index (κ1) is 17.9. The molecule has 26 heavy (non-hydrogen) atoms. The molecular formula is C19H23N5O2. The summed E-state index contributed by atoms with van der Waals surface area (Å²) in [5.74, 6) is -0.257. The van der Waals surface area contributed by atoms with E-state index in [1.165, 1.54) is 0 Å². The van der Waals surface area contributed by atoms with Crippen LogP contribution in [-0.2, 0) is 15.7 Å². The fourth-order valence-electron chi connectivity index (χ4n) is 3.33. The Morgan fingerprint density at radius 2 is 2.00 bits per heavy atom. The summed E-state index contributed by atoms with van der Waals surface area (Å²) in [6.45, 7) is 7.17. The summed E-state index contributed by atoms with van der Waals surface area (Å²) in [6.07, 6.45) is 4.22. The minimum Gasteiger partial charge on any atom is -0.479 e. The summed E-state index contributed by atoms with van der Waals surface area (Å²) in [5, 5.41) is 23.8. The summed E-state index contributed by atoms with van der Waals surface area (Å²) >= 11 is 0. The maximum atomic E-state index is 12.2. The van der Waals surface area contributed by atoms with Crippen LogP contribution < -0.4 is 4.90 Å². The third-order valence-electron chi connectivity index (χ3n) is 4.99. The topological polar surface area (TPSA) is 95.0 Å². The Bertz CT molecular complexity index is 851. The molecule has 0 aliphatic carbocycles. The van der Waals surface area contributed by atoms with Crippen LogP contribution >= 0.6 is 0 Å². The minimum absolute atomic E-state index is 0.138. The minimum atomic E-state index is -1.07. The van der Waals surface area contributed by atoms with E-state index in [1.807, 2.05) is 11.0 Å². The maximum absolute atomic E-state index is 12.2. The summed E-state index contributed by atoms with van der Waals surface area (Å²) in [7, 11) is 0. The van der Waals surface area contributed by atoms with Crippen molar-refractivity contribution in [3.8, 4) is 6.07 Å². The highest BCUT2D eigenvalue weighted by molar-refractivity contribution is 5.77. The Morgan fingerprint density at radius 1 is 1.31 bits per heavy atom. The van der Waals surface area contributed by atoms with Crippen LogP contribution in [0.3, 0.4) is 0 Å². The molecule has 0 spiro atoms. The lowest BCUT2D eigenvalue weighted by Crippen LogP contribution is -2.51. The number of nitriles is 1. The molecule has 0 bridgehead atoms. The number of piperidine rings is 1. The van der Waals surface area contributed by atoms with Crippen LogP contribution in [0.4, 0.5) is 5.82 Å². The van der Waals surface area contributed by atoms with Crippen LogP contribution in [0, 0.1) is 11.3 Å². The van der Waals surface area contributed by atoms with Gasteiger partial charge in [-0.3, -0.25) is 4.68 Å². The molecule has 2 aromatic heterocycles. The molecule has 0 radical (unpaired) electrons. The lowest BCUT2D eigenvalue weighted by Gasteiger charge is -2.39. The number of carboxylic acids is 1. The van der Waals surface area contributed by atoms with Gasteiger partial charge in [0.1, 0.15) is 11.9 Å². The molecule has 1 fully saturated rings. The summed E-state index contributed by atoms with van der Waals surface area (Å²) in [6, 6.07) is 7.50. The van der Waals surface area contributed by atoms with Crippen molar-refractivity contribution in [2.75, 3.05) is 18.0 Å². The van der Waals surface area contributed by atoms with Crippen LogP contribution in [-0.4, -0.2) is 38.9 Å². The number of hydrogen-bond acceptors (Lipinski definition) is 5. The van der Waals surface area contributed by atoms with Crippen LogP contribution in [0.5, 0.6) is 0 Å². The number of nitrogens with zero attached hydrogens (tertiary/aromatic N) is 5. The van der Waals surface area contributed by atoms with E-state index in [9.17, 15) is 15.2 Å². The second-order valence-corrected chi connectivity index (χ2v) is 7.71. The summed E-state index contributed by atoms with van der Waals surface area (Å²) in [5.41, 5.74) is 0.171. The van der Waals surface area contributed by atoms with Gasteiger partial charge in [0.25, 0.3) is 0 Å². The fourth-order valence-corrected chi connectivity index (χ4v) is 3.33. The van der Waals surface area contributed by atoms with Crippen molar-refractivity contribution in [2.24, 2.45) is 0 Å². The van der Waals surface area contributed by atoms with E-state index < -0.39 is 11.5 Å². The molecule has 1 aliphatic heterocycles. The van der Waals surface area contributed by atoms with E-state index >= 15 is 0 Å². The number of carboxylic acid groups (broad SMARTS) is 1. The monoisotopic (exact) mass is 353 g/mol. The predicted octanol–water partition coefficient (Wildman–Crippen LogP) is 2.53. The lowest BCUT2D eigenvalue weighted by atomic mass is 9.87. The largest absolute Gasteiger partial charge is 0.479 e. The molecule has 2 aromatic rings. The van der Waals surface area contributed by atoms with E-state index in [0.717, 1.165) is 5.69 Å². The second kappa shape index (κ2) is 6.45. The van der Waals surface area contributed by atoms with Gasteiger partial charge in [-0.05, 0) is 18.2 Å². The van der Waals surface area contributed by atoms with Crippen molar-refractivity contribution < 1.29 is 9.90 Å². The van der Waals surface area contributed by atoms with Gasteiger partial charge in [0, 0.05) is 43.7 Å². The molecule has 3 rings (SSSR count). The highest BCUT2D eigenvalue weighted by Gasteiger charge is 2.45. The Hall–Kier alpha value is -2.88. The van der Waals surface area contributed by atoms with Crippen LogP contribution in [0.2, 0.25) is 0 Å². The zero-order valence-corrected chi connectivity index (χ0v) is 15.3. The van der Waals surface area contributed by atoms with Gasteiger partial charge in [-0.2, -0.15) is 10.4 Å². The Labute approximate surface area is 152 Å². The van der Waals surface area contributed by atoms with E-state index in [1.54, 1.807) is 29.2 Å². The number of hydrogen-bond donors (Lipinski definition) is 1. The Balaban J connectivity index is 1.87. The van der Waals surface area contributed by atoms with Crippen LogP contribution in [0.1, 0.15) is 44.9 Å². The molecule has 7 heteroatoms. The average Bonchev–Trinajstić information content (AvgIpc) is 3.12. The van der Waals surface area contributed by atoms with Gasteiger partial charge in [0.05, 0.1) is 11.3 Å². The van der Waals surface area contributed by atoms with E-state index in [0.29, 0.717) is 37.3 Å². The zero-order chi connectivity index (χ0) is 18.9. The molecular weight excluding hydrogens is 330 g/mol. The SMILES string of the molecule is CC(C)(C)c1ccn(C2(C(=O)O)CCN(c3ncccc3C#N)CC2)n1. The van der Waals surface area contributed by atoms with E-state index in [-0.39, 0.29) is 5.41 Å². The van der Waals surface area contributed by atoms with E-state index in [2.05, 4.69) is 36.9 Å². The molecule has 0 saturated carbocycles. The van der Waals surface area contributed by atoms with Crippen LogP contribution in [0.25, 0.3) is 0 Å². The molecule has 0 atom stereocenters. The summed E-state index contributed by atoms with van der Waals surface area (Å²) < 4.78 is 1.61. The van der Waals surface area contributed by atoms with Gasteiger partial charge in [-0.1, -0.05) is 20.8 Å². The quantitative estimate of drug-likeness (QED) is 0.911. The first-order valence-electron chi connectivity index (χ1n) is 8.68. The second-order valence-electron chi connectivity index (χ2n) is 7.71. The fraction of sp³-hybridized carbons (Fsp3) is 0.474. The number of pyridine rings is 1. The van der Waals surface area contributed by atoms with Gasteiger partial charge < -0.3 is 10.0 Å². The average molecular weight is 353 g/mol. The standard InChI is InChI=1S/C19H23N5O2/c1-18(2,3)15-6-10-24(22-15)19(17(25)26)7-11-23(12-8-19)16-14(13-20)5-4-9-21-16/h4-6,9-10H,7-8,11-12H2,1-3H3,(H,25,26). The number of carbonyl (C=O) groups is 1. The lowest BCUT2D eigenvalue weighted by molar-refractivity contribution is -0.149. The number of anilines is 1. The highest BCUT2D eigenvalue weighted by atomic mass is 16.4. The molecule has 0 unspecified atom stereocenters. The van der Waals surface area contributed by atoms with Crippen LogP contribution in [0.15, 0.2) is 30.6 Å². The zero-order valence-electron chi connectivity index (χ0n) is 15.3. The van der Waals surface area contributed by atoms with Crippen molar-refractivity contribution in [3.63, 3.8) is 0 Å². The first-order valence-corrected chi connectivity index (χ1v) is 8.68. The van der Waals surface area contributed by atoms with Crippen molar-refractivity contribution in [3.05, 3.63) is 41.9 Å². The predicted molar refractivity (Wildman–Crippen MR) is 96.9 cm³/mol.